The molecule has 0 aliphatic heterocycles. The van der Waals surface area contributed by atoms with Crippen molar-refractivity contribution >= 4 is 0 Å². The van der Waals surface area contributed by atoms with Gasteiger partial charge in [-0.15, -0.1) is 0 Å². The van der Waals surface area contributed by atoms with Crippen LogP contribution in [-0.4, -0.2) is 26.8 Å². The van der Waals surface area contributed by atoms with Gasteiger partial charge in [0.1, 0.15) is 6.10 Å². The van der Waals surface area contributed by atoms with Gasteiger partial charge in [-0.25, -0.2) is 0 Å². The van der Waals surface area contributed by atoms with Crippen LogP contribution in [-0.2, 0) is 0 Å². The number of aliphatic hydroxyl groups excluding tert-OH is 1. The van der Waals surface area contributed by atoms with E-state index in [4.69, 9.17) is 10.3 Å². The van der Waals surface area contributed by atoms with Crippen molar-refractivity contribution in [1.82, 2.24) is 15.1 Å². The van der Waals surface area contributed by atoms with Gasteiger partial charge in [0.15, 0.2) is 0 Å². The maximum atomic E-state index is 9.66. The van der Waals surface area contributed by atoms with Gasteiger partial charge in [0.25, 0.3) is 5.89 Å². The van der Waals surface area contributed by atoms with Crippen molar-refractivity contribution < 1.29 is 9.63 Å². The quantitative estimate of drug-likeness (QED) is 0.812. The summed E-state index contributed by atoms with van der Waals surface area (Å²) in [7, 11) is 0. The molecule has 0 bridgehead atoms. The first-order valence-electron chi connectivity index (χ1n) is 5.35. The summed E-state index contributed by atoms with van der Waals surface area (Å²) >= 11 is 0. The lowest BCUT2D eigenvalue weighted by atomic mass is 10.1. The Hall–Kier alpha value is -1.79. The van der Waals surface area contributed by atoms with Crippen LogP contribution >= 0.6 is 0 Å². The Kier molecular flexibility index (Phi) is 3.46. The summed E-state index contributed by atoms with van der Waals surface area (Å²) in [5.74, 6) is 0.621. The van der Waals surface area contributed by atoms with Crippen molar-refractivity contribution in [3.63, 3.8) is 0 Å². The van der Waals surface area contributed by atoms with Crippen molar-refractivity contribution in [2.45, 2.75) is 19.4 Å². The third-order valence-electron chi connectivity index (χ3n) is 2.45. The molecule has 1 atom stereocenters. The minimum Gasteiger partial charge on any atom is -0.383 e. The van der Waals surface area contributed by atoms with Gasteiger partial charge in [-0.2, -0.15) is 4.98 Å². The topological polar surface area (TPSA) is 98.1 Å². The van der Waals surface area contributed by atoms with Crippen LogP contribution in [0.4, 0.5) is 0 Å². The fourth-order valence-corrected chi connectivity index (χ4v) is 1.46. The lowest BCUT2D eigenvalue weighted by Crippen LogP contribution is -2.06. The molecule has 0 aliphatic rings. The number of aromatic nitrogens is 3. The van der Waals surface area contributed by atoms with E-state index in [1.54, 1.807) is 12.4 Å². The molecule has 0 spiro atoms. The van der Waals surface area contributed by atoms with E-state index in [1.807, 2.05) is 13.0 Å². The minimum atomic E-state index is -0.807. The van der Waals surface area contributed by atoms with Crippen LogP contribution in [0.5, 0.6) is 0 Å². The monoisotopic (exact) mass is 234 g/mol. The molecule has 2 rings (SSSR count). The van der Waals surface area contributed by atoms with Gasteiger partial charge >= 0.3 is 0 Å². The minimum absolute atomic E-state index is 0.189. The molecular formula is C11H14N4O2. The number of pyridine rings is 1. The summed E-state index contributed by atoms with van der Waals surface area (Å²) < 4.78 is 4.99. The summed E-state index contributed by atoms with van der Waals surface area (Å²) in [4.78, 5) is 8.14. The van der Waals surface area contributed by atoms with Crippen LogP contribution in [0, 0.1) is 6.92 Å². The Bertz CT molecular complexity index is 498. The predicted octanol–water partition coefficient (Wildman–Crippen LogP) is 0.822. The van der Waals surface area contributed by atoms with Crippen molar-refractivity contribution in [2.75, 3.05) is 6.54 Å². The second kappa shape index (κ2) is 5.03. The zero-order valence-electron chi connectivity index (χ0n) is 9.50. The summed E-state index contributed by atoms with van der Waals surface area (Å²) in [6.45, 7) is 2.30. The van der Waals surface area contributed by atoms with Crippen LogP contribution in [0.25, 0.3) is 11.4 Å². The van der Waals surface area contributed by atoms with Crippen molar-refractivity contribution in [3.8, 4) is 11.4 Å². The van der Waals surface area contributed by atoms with Crippen LogP contribution in [0.2, 0.25) is 0 Å². The summed E-state index contributed by atoms with van der Waals surface area (Å²) in [6.07, 6.45) is 2.95. The molecule has 6 nitrogen and oxygen atoms in total. The molecule has 1 unspecified atom stereocenters. The lowest BCUT2D eigenvalue weighted by Gasteiger charge is -2.01. The molecule has 0 saturated heterocycles. The second-order valence-electron chi connectivity index (χ2n) is 3.74. The normalized spacial score (nSPS) is 12.6. The predicted molar refractivity (Wildman–Crippen MR) is 60.9 cm³/mol. The fourth-order valence-electron chi connectivity index (χ4n) is 1.46. The first kappa shape index (κ1) is 11.7. The van der Waals surface area contributed by atoms with Crippen molar-refractivity contribution in [1.29, 1.82) is 0 Å². The number of nitrogens with two attached hydrogens (primary N) is 1. The average Bonchev–Trinajstić information content (AvgIpc) is 2.79. The van der Waals surface area contributed by atoms with E-state index in [0.29, 0.717) is 18.8 Å². The summed E-state index contributed by atoms with van der Waals surface area (Å²) in [5, 5.41) is 13.5. The van der Waals surface area contributed by atoms with Gasteiger partial charge in [0.2, 0.25) is 5.82 Å². The van der Waals surface area contributed by atoms with E-state index >= 15 is 0 Å². The van der Waals surface area contributed by atoms with Crippen molar-refractivity contribution in [2.24, 2.45) is 5.73 Å². The Balaban J connectivity index is 2.27. The molecule has 0 aromatic carbocycles. The molecule has 2 aromatic rings. The SMILES string of the molecule is Cc1ccncc1-c1noc(C(O)CCN)n1. The van der Waals surface area contributed by atoms with Crippen molar-refractivity contribution in [3.05, 3.63) is 29.9 Å². The third kappa shape index (κ3) is 2.48. The molecule has 0 aliphatic carbocycles. The highest BCUT2D eigenvalue weighted by Gasteiger charge is 2.16. The van der Waals surface area contributed by atoms with Crippen LogP contribution in [0.1, 0.15) is 24.0 Å². The molecule has 0 amide bonds. The molecule has 90 valence electrons. The number of hydrogen-bond donors (Lipinski definition) is 2. The van der Waals surface area contributed by atoms with E-state index in [2.05, 4.69) is 15.1 Å². The number of nitrogens with zero attached hydrogens (tertiary/aromatic N) is 3. The highest BCUT2D eigenvalue weighted by atomic mass is 16.5. The number of aryl methyl sites for hydroxylation is 1. The molecule has 0 radical (unpaired) electrons. The lowest BCUT2D eigenvalue weighted by molar-refractivity contribution is 0.127. The number of rotatable bonds is 4. The standard InChI is InChI=1S/C11H14N4O2/c1-7-3-5-13-6-8(7)10-14-11(17-15-10)9(16)2-4-12/h3,5-6,9,16H,2,4,12H2,1H3. The number of aliphatic hydroxyl groups is 1. The first-order valence-corrected chi connectivity index (χ1v) is 5.35. The maximum absolute atomic E-state index is 9.66. The molecule has 17 heavy (non-hydrogen) atoms. The Morgan fingerprint density at radius 2 is 2.35 bits per heavy atom. The third-order valence-corrected chi connectivity index (χ3v) is 2.45. The van der Waals surface area contributed by atoms with Crippen LogP contribution in [0.3, 0.4) is 0 Å². The highest BCUT2D eigenvalue weighted by molar-refractivity contribution is 5.57. The molecule has 2 aromatic heterocycles. The van der Waals surface area contributed by atoms with E-state index in [-0.39, 0.29) is 5.89 Å². The smallest absolute Gasteiger partial charge is 0.255 e. The maximum Gasteiger partial charge on any atom is 0.255 e. The van der Waals surface area contributed by atoms with Gasteiger partial charge in [-0.3, -0.25) is 4.98 Å². The second-order valence-corrected chi connectivity index (χ2v) is 3.74. The molecule has 3 N–H and O–H groups in total. The van der Waals surface area contributed by atoms with Gasteiger partial charge in [-0.05, 0) is 31.5 Å². The average molecular weight is 234 g/mol. The molecule has 2 heterocycles. The van der Waals surface area contributed by atoms with Crippen LogP contribution < -0.4 is 5.73 Å². The zero-order valence-corrected chi connectivity index (χ0v) is 9.50. The van der Waals surface area contributed by atoms with E-state index in [0.717, 1.165) is 11.1 Å². The van der Waals surface area contributed by atoms with E-state index in [9.17, 15) is 5.11 Å². The van der Waals surface area contributed by atoms with Gasteiger partial charge < -0.3 is 15.4 Å². The first-order chi connectivity index (χ1) is 8.22. The fraction of sp³-hybridized carbons (Fsp3) is 0.364. The zero-order chi connectivity index (χ0) is 12.3. The number of hydrogen-bond acceptors (Lipinski definition) is 6. The largest absolute Gasteiger partial charge is 0.383 e. The molecular weight excluding hydrogens is 220 g/mol. The van der Waals surface area contributed by atoms with Gasteiger partial charge in [0.05, 0.1) is 0 Å². The molecule has 0 fully saturated rings. The molecule has 6 heteroatoms. The molecule has 0 saturated carbocycles. The Labute approximate surface area is 98.5 Å². The Morgan fingerprint density at radius 3 is 3.06 bits per heavy atom. The summed E-state index contributed by atoms with van der Waals surface area (Å²) in [6, 6.07) is 1.86. The van der Waals surface area contributed by atoms with Gasteiger partial charge in [-0.1, -0.05) is 5.16 Å². The Morgan fingerprint density at radius 1 is 1.53 bits per heavy atom. The summed E-state index contributed by atoms with van der Waals surface area (Å²) in [5.41, 5.74) is 7.14. The van der Waals surface area contributed by atoms with E-state index in [1.165, 1.54) is 0 Å². The van der Waals surface area contributed by atoms with E-state index < -0.39 is 6.10 Å². The van der Waals surface area contributed by atoms with Gasteiger partial charge in [0, 0.05) is 18.0 Å². The van der Waals surface area contributed by atoms with Crippen LogP contribution in [0.15, 0.2) is 23.0 Å². The highest BCUT2D eigenvalue weighted by Crippen LogP contribution is 2.21.